The van der Waals surface area contributed by atoms with Gasteiger partial charge in [-0.15, -0.1) is 0 Å². The minimum Gasteiger partial charge on any atom is -0.359 e. The summed E-state index contributed by atoms with van der Waals surface area (Å²) < 4.78 is 0. The van der Waals surface area contributed by atoms with Gasteiger partial charge in [-0.1, -0.05) is 18.5 Å². The molecule has 0 radical (unpaired) electrons. The Morgan fingerprint density at radius 3 is 2.55 bits per heavy atom. The van der Waals surface area contributed by atoms with Gasteiger partial charge in [0.1, 0.15) is 16.8 Å². The smallest absolute Gasteiger partial charge is 0.137 e. The second-order valence-corrected chi connectivity index (χ2v) is 5.12. The Kier molecular flexibility index (Phi) is 4.90. The second kappa shape index (κ2) is 6.66. The number of hydrogen-bond donors (Lipinski definition) is 0. The summed E-state index contributed by atoms with van der Waals surface area (Å²) in [5.41, 5.74) is 2.20. The van der Waals surface area contributed by atoms with Crippen LogP contribution in [0.5, 0.6) is 0 Å². The van der Waals surface area contributed by atoms with Crippen LogP contribution >= 0.6 is 11.6 Å². The third kappa shape index (κ3) is 3.45. The average molecular weight is 291 g/mol. The van der Waals surface area contributed by atoms with Crippen LogP contribution in [0.3, 0.4) is 0 Å². The van der Waals surface area contributed by atoms with Gasteiger partial charge in [-0.05, 0) is 31.0 Å². The first kappa shape index (κ1) is 14.7. The summed E-state index contributed by atoms with van der Waals surface area (Å²) in [7, 11) is 2.03. The number of halogens is 1. The van der Waals surface area contributed by atoms with E-state index < -0.39 is 0 Å². The van der Waals surface area contributed by atoms with Crippen molar-refractivity contribution in [3.05, 3.63) is 46.6 Å². The number of anilines is 1. The van der Waals surface area contributed by atoms with E-state index in [-0.39, 0.29) is 0 Å². The maximum Gasteiger partial charge on any atom is 0.137 e. The van der Waals surface area contributed by atoms with Crippen molar-refractivity contribution in [2.45, 2.75) is 26.7 Å². The van der Waals surface area contributed by atoms with Crippen molar-refractivity contribution in [1.82, 2.24) is 15.0 Å². The molecule has 2 rings (SSSR count). The van der Waals surface area contributed by atoms with Gasteiger partial charge < -0.3 is 4.90 Å². The highest BCUT2D eigenvalue weighted by atomic mass is 35.5. The first-order valence-electron chi connectivity index (χ1n) is 6.75. The van der Waals surface area contributed by atoms with E-state index in [1.807, 2.05) is 45.4 Å². The van der Waals surface area contributed by atoms with E-state index in [9.17, 15) is 0 Å². The van der Waals surface area contributed by atoms with Crippen LogP contribution in [-0.2, 0) is 12.8 Å². The largest absolute Gasteiger partial charge is 0.359 e. The highest BCUT2D eigenvalue weighted by Crippen LogP contribution is 2.23. The number of likely N-dealkylation sites (N-methyl/N-ethyl adjacent to an activating group) is 1. The van der Waals surface area contributed by atoms with Crippen molar-refractivity contribution in [3.8, 4) is 0 Å². The van der Waals surface area contributed by atoms with E-state index in [1.165, 1.54) is 5.56 Å². The van der Waals surface area contributed by atoms with Gasteiger partial charge >= 0.3 is 0 Å². The lowest BCUT2D eigenvalue weighted by atomic mass is 10.2. The molecule has 0 aliphatic carbocycles. The fourth-order valence-corrected chi connectivity index (χ4v) is 2.18. The van der Waals surface area contributed by atoms with E-state index in [0.717, 1.165) is 36.6 Å². The van der Waals surface area contributed by atoms with Crippen LogP contribution in [0, 0.1) is 6.92 Å². The molecule has 2 aromatic rings. The maximum absolute atomic E-state index is 6.17. The molecule has 106 valence electrons. The minimum absolute atomic E-state index is 0.544. The van der Waals surface area contributed by atoms with Crippen molar-refractivity contribution in [3.63, 3.8) is 0 Å². The number of pyridine rings is 1. The minimum atomic E-state index is 0.544. The van der Waals surface area contributed by atoms with Gasteiger partial charge in [0.15, 0.2) is 0 Å². The molecule has 0 unspecified atom stereocenters. The van der Waals surface area contributed by atoms with Gasteiger partial charge in [0.25, 0.3) is 0 Å². The monoisotopic (exact) mass is 290 g/mol. The third-order valence-electron chi connectivity index (χ3n) is 3.27. The Hall–Kier alpha value is -1.68. The fraction of sp³-hybridized carbons (Fsp3) is 0.400. The van der Waals surface area contributed by atoms with E-state index >= 15 is 0 Å². The molecule has 2 aromatic heterocycles. The van der Waals surface area contributed by atoms with E-state index in [0.29, 0.717) is 5.15 Å². The molecule has 0 saturated carbocycles. The molecule has 0 saturated heterocycles. The highest BCUT2D eigenvalue weighted by Gasteiger charge is 2.12. The average Bonchev–Trinajstić information content (AvgIpc) is 2.48. The van der Waals surface area contributed by atoms with Gasteiger partial charge in [-0.3, -0.25) is 4.98 Å². The molecule has 0 amide bonds. The van der Waals surface area contributed by atoms with E-state index in [4.69, 9.17) is 11.6 Å². The molecule has 0 aromatic carbocycles. The fourth-order valence-electron chi connectivity index (χ4n) is 2.00. The second-order valence-electron chi connectivity index (χ2n) is 4.76. The van der Waals surface area contributed by atoms with Crippen LogP contribution in [0.1, 0.15) is 23.9 Å². The lowest BCUT2D eigenvalue weighted by Crippen LogP contribution is -2.23. The van der Waals surface area contributed by atoms with E-state index in [1.54, 1.807) is 0 Å². The van der Waals surface area contributed by atoms with Crippen LogP contribution in [0.4, 0.5) is 5.82 Å². The van der Waals surface area contributed by atoms with Crippen molar-refractivity contribution in [1.29, 1.82) is 0 Å². The number of aryl methyl sites for hydroxylation is 1. The normalized spacial score (nSPS) is 10.6. The first-order chi connectivity index (χ1) is 9.61. The molecule has 0 aliphatic heterocycles. The molecule has 20 heavy (non-hydrogen) atoms. The predicted molar refractivity (Wildman–Crippen MR) is 82.4 cm³/mol. The summed E-state index contributed by atoms with van der Waals surface area (Å²) in [4.78, 5) is 15.0. The molecule has 0 spiro atoms. The van der Waals surface area contributed by atoms with Gasteiger partial charge in [0, 0.05) is 38.0 Å². The number of aromatic nitrogens is 3. The molecule has 5 heteroatoms. The zero-order chi connectivity index (χ0) is 14.5. The highest BCUT2D eigenvalue weighted by molar-refractivity contribution is 6.30. The van der Waals surface area contributed by atoms with Crippen LogP contribution in [0.2, 0.25) is 5.15 Å². The van der Waals surface area contributed by atoms with Crippen molar-refractivity contribution < 1.29 is 0 Å². The van der Waals surface area contributed by atoms with Gasteiger partial charge in [-0.25, -0.2) is 9.97 Å². The molecular weight excluding hydrogens is 272 g/mol. The van der Waals surface area contributed by atoms with Gasteiger partial charge in [-0.2, -0.15) is 0 Å². The Bertz CT molecular complexity index is 572. The molecule has 0 aliphatic rings. The summed E-state index contributed by atoms with van der Waals surface area (Å²) in [5.74, 6) is 1.70. The molecule has 0 N–H and O–H groups in total. The number of rotatable bonds is 5. The van der Waals surface area contributed by atoms with Crippen LogP contribution in [-0.4, -0.2) is 28.5 Å². The Balaban J connectivity index is 2.12. The van der Waals surface area contributed by atoms with Gasteiger partial charge in [0.2, 0.25) is 0 Å². The van der Waals surface area contributed by atoms with Crippen LogP contribution in [0.15, 0.2) is 24.5 Å². The molecule has 0 atom stereocenters. The molecule has 2 heterocycles. The molecule has 0 fully saturated rings. The number of hydrogen-bond acceptors (Lipinski definition) is 4. The Morgan fingerprint density at radius 1 is 1.20 bits per heavy atom. The summed E-state index contributed by atoms with van der Waals surface area (Å²) in [6.07, 6.45) is 5.36. The SMILES string of the molecule is CCc1nc(Cl)c(C)c(N(C)CCc2ccncc2)n1. The van der Waals surface area contributed by atoms with Crippen LogP contribution < -0.4 is 4.90 Å². The summed E-state index contributed by atoms with van der Waals surface area (Å²) in [6, 6.07) is 4.07. The Morgan fingerprint density at radius 2 is 1.90 bits per heavy atom. The van der Waals surface area contributed by atoms with Gasteiger partial charge in [0.05, 0.1) is 0 Å². The topological polar surface area (TPSA) is 41.9 Å². The van der Waals surface area contributed by atoms with Crippen LogP contribution in [0.25, 0.3) is 0 Å². The lowest BCUT2D eigenvalue weighted by Gasteiger charge is -2.21. The first-order valence-corrected chi connectivity index (χ1v) is 7.12. The van der Waals surface area contributed by atoms with E-state index in [2.05, 4.69) is 19.9 Å². The molecule has 4 nitrogen and oxygen atoms in total. The Labute approximate surface area is 124 Å². The quantitative estimate of drug-likeness (QED) is 0.794. The zero-order valence-corrected chi connectivity index (χ0v) is 12.9. The zero-order valence-electron chi connectivity index (χ0n) is 12.1. The van der Waals surface area contributed by atoms with Crippen molar-refractivity contribution >= 4 is 17.4 Å². The summed E-state index contributed by atoms with van der Waals surface area (Å²) >= 11 is 6.17. The predicted octanol–water partition coefficient (Wildman–Crippen LogP) is 3.07. The lowest BCUT2D eigenvalue weighted by molar-refractivity contribution is 0.828. The molecular formula is C15H19ClN4. The molecule has 0 bridgehead atoms. The van der Waals surface area contributed by atoms with Crippen molar-refractivity contribution in [2.75, 3.05) is 18.5 Å². The third-order valence-corrected chi connectivity index (χ3v) is 3.64. The standard InChI is InChI=1S/C15H19ClN4/c1-4-13-18-14(16)11(2)15(19-13)20(3)10-7-12-5-8-17-9-6-12/h5-6,8-9H,4,7,10H2,1-3H3. The summed E-state index contributed by atoms with van der Waals surface area (Å²) in [6.45, 7) is 4.86. The van der Waals surface area contributed by atoms with Crippen molar-refractivity contribution in [2.24, 2.45) is 0 Å². The maximum atomic E-state index is 6.17. The number of nitrogens with zero attached hydrogens (tertiary/aromatic N) is 4. The summed E-state index contributed by atoms with van der Waals surface area (Å²) in [5, 5.41) is 0.544.